The molecule has 0 aliphatic carbocycles. The Morgan fingerprint density at radius 3 is 2.79 bits per heavy atom. The maximum absolute atomic E-state index is 12.5. The number of rotatable bonds is 8. The molecule has 1 aromatic carbocycles. The summed E-state index contributed by atoms with van der Waals surface area (Å²) < 4.78 is 43.3. The standard InChI is InChI=1S/C23H28F3N5O2/c1-16-12-20(17-6-4-8-19(13-17)33-23(24,25)26)29-31(16)11-9-22(2,3)28-15-21(32)30-10-5-7-18(30)14-27/h4,6,8,12-13,18,28H,5,7,9-11,15H2,1-3H3/t18-/m0/s1. The second-order valence-corrected chi connectivity index (χ2v) is 8.83. The van der Waals surface area contributed by atoms with Crippen molar-refractivity contribution in [3.8, 4) is 23.1 Å². The number of carbonyl (C=O) groups is 1. The molecular weight excluding hydrogens is 435 g/mol. The van der Waals surface area contributed by atoms with Crippen LogP contribution in [0.5, 0.6) is 5.75 Å². The Bertz CT molecular complexity index is 1030. The number of amides is 1. The first-order valence-electron chi connectivity index (χ1n) is 10.8. The summed E-state index contributed by atoms with van der Waals surface area (Å²) in [5.74, 6) is -0.371. The van der Waals surface area contributed by atoms with Crippen LogP contribution in [0.2, 0.25) is 0 Å². The smallest absolute Gasteiger partial charge is 0.406 e. The number of hydrogen-bond acceptors (Lipinski definition) is 5. The predicted octanol–water partition coefficient (Wildman–Crippen LogP) is 4.03. The average molecular weight is 464 g/mol. The molecule has 1 aliphatic heterocycles. The summed E-state index contributed by atoms with van der Waals surface area (Å²) in [6, 6.07) is 9.38. The molecule has 1 atom stereocenters. The van der Waals surface area contributed by atoms with E-state index >= 15 is 0 Å². The van der Waals surface area contributed by atoms with Crippen molar-refractivity contribution in [1.29, 1.82) is 5.26 Å². The normalized spacial score (nSPS) is 16.6. The summed E-state index contributed by atoms with van der Waals surface area (Å²) in [6.07, 6.45) is -2.52. The summed E-state index contributed by atoms with van der Waals surface area (Å²) in [5, 5.41) is 17.0. The van der Waals surface area contributed by atoms with E-state index in [2.05, 4.69) is 21.2 Å². The van der Waals surface area contributed by atoms with Gasteiger partial charge in [-0.15, -0.1) is 13.2 Å². The van der Waals surface area contributed by atoms with Gasteiger partial charge < -0.3 is 15.0 Å². The van der Waals surface area contributed by atoms with Gasteiger partial charge in [0.2, 0.25) is 5.91 Å². The Morgan fingerprint density at radius 2 is 2.09 bits per heavy atom. The zero-order valence-electron chi connectivity index (χ0n) is 18.9. The predicted molar refractivity (Wildman–Crippen MR) is 116 cm³/mol. The Hall–Kier alpha value is -3.06. The molecule has 3 rings (SSSR count). The molecule has 1 amide bonds. The van der Waals surface area contributed by atoms with Gasteiger partial charge in [0.15, 0.2) is 0 Å². The number of ether oxygens (including phenoxy) is 1. The van der Waals surface area contributed by atoms with E-state index in [1.807, 2.05) is 26.8 Å². The SMILES string of the molecule is Cc1cc(-c2cccc(OC(F)(F)F)c2)nn1CCC(C)(C)NCC(=O)N1CCC[C@H]1C#N. The monoisotopic (exact) mass is 463 g/mol. The lowest BCUT2D eigenvalue weighted by molar-refractivity contribution is -0.274. The molecule has 2 heterocycles. The molecule has 1 saturated heterocycles. The third kappa shape index (κ3) is 6.71. The van der Waals surface area contributed by atoms with E-state index in [9.17, 15) is 18.0 Å². The molecule has 2 aromatic rings. The number of aromatic nitrogens is 2. The summed E-state index contributed by atoms with van der Waals surface area (Å²) in [7, 11) is 0. The van der Waals surface area contributed by atoms with E-state index in [1.54, 1.807) is 15.6 Å². The summed E-state index contributed by atoms with van der Waals surface area (Å²) in [4.78, 5) is 14.1. The minimum absolute atomic E-state index is 0.0781. The first kappa shape index (κ1) is 24.6. The first-order chi connectivity index (χ1) is 15.5. The highest BCUT2D eigenvalue weighted by atomic mass is 19.4. The van der Waals surface area contributed by atoms with Gasteiger partial charge in [-0.05, 0) is 58.2 Å². The van der Waals surface area contributed by atoms with Crippen molar-refractivity contribution in [3.05, 3.63) is 36.0 Å². The number of benzene rings is 1. The lowest BCUT2D eigenvalue weighted by atomic mass is 10.0. The van der Waals surface area contributed by atoms with Crippen molar-refractivity contribution in [2.75, 3.05) is 13.1 Å². The zero-order chi connectivity index (χ0) is 24.2. The minimum atomic E-state index is -4.75. The van der Waals surface area contributed by atoms with E-state index in [4.69, 9.17) is 5.26 Å². The molecule has 0 saturated carbocycles. The Kier molecular flexibility index (Phi) is 7.32. The third-order valence-corrected chi connectivity index (χ3v) is 5.73. The van der Waals surface area contributed by atoms with Crippen LogP contribution >= 0.6 is 0 Å². The highest BCUT2D eigenvalue weighted by Gasteiger charge is 2.31. The summed E-state index contributed by atoms with van der Waals surface area (Å²) in [6.45, 7) is 7.19. The first-order valence-corrected chi connectivity index (χ1v) is 10.8. The molecule has 178 valence electrons. The Labute approximate surface area is 191 Å². The van der Waals surface area contributed by atoms with Crippen LogP contribution in [0.4, 0.5) is 13.2 Å². The number of carbonyl (C=O) groups excluding carboxylic acids is 1. The second kappa shape index (κ2) is 9.83. The van der Waals surface area contributed by atoms with Crippen LogP contribution in [0.25, 0.3) is 11.3 Å². The lowest BCUT2D eigenvalue weighted by Gasteiger charge is -2.28. The summed E-state index contributed by atoms with van der Waals surface area (Å²) >= 11 is 0. The van der Waals surface area contributed by atoms with Crippen LogP contribution in [-0.4, -0.2) is 51.6 Å². The maximum Gasteiger partial charge on any atom is 0.573 e. The van der Waals surface area contributed by atoms with Crippen molar-refractivity contribution in [2.24, 2.45) is 0 Å². The van der Waals surface area contributed by atoms with Gasteiger partial charge in [0, 0.05) is 29.9 Å². The lowest BCUT2D eigenvalue weighted by Crippen LogP contribution is -2.48. The molecule has 10 heteroatoms. The third-order valence-electron chi connectivity index (χ3n) is 5.73. The van der Waals surface area contributed by atoms with E-state index in [1.165, 1.54) is 18.2 Å². The topological polar surface area (TPSA) is 83.2 Å². The highest BCUT2D eigenvalue weighted by molar-refractivity contribution is 5.79. The Balaban J connectivity index is 1.59. The molecule has 1 N–H and O–H groups in total. The molecule has 1 fully saturated rings. The number of nitrogens with zero attached hydrogens (tertiary/aromatic N) is 4. The molecular formula is C23H28F3N5O2. The molecule has 1 aromatic heterocycles. The van der Waals surface area contributed by atoms with Gasteiger partial charge in [-0.2, -0.15) is 10.4 Å². The van der Waals surface area contributed by atoms with Crippen LogP contribution in [0.15, 0.2) is 30.3 Å². The minimum Gasteiger partial charge on any atom is -0.406 e. The van der Waals surface area contributed by atoms with E-state index in [0.29, 0.717) is 30.8 Å². The van der Waals surface area contributed by atoms with Crippen molar-refractivity contribution < 1.29 is 22.7 Å². The van der Waals surface area contributed by atoms with Crippen LogP contribution in [0, 0.1) is 18.3 Å². The number of halogens is 3. The fourth-order valence-corrected chi connectivity index (χ4v) is 3.82. The molecule has 1 aliphatic rings. The van der Waals surface area contributed by atoms with Crippen LogP contribution in [0.1, 0.15) is 38.8 Å². The molecule has 0 radical (unpaired) electrons. The fourth-order valence-electron chi connectivity index (χ4n) is 3.82. The van der Waals surface area contributed by atoms with Gasteiger partial charge in [-0.3, -0.25) is 9.48 Å². The van der Waals surface area contributed by atoms with Gasteiger partial charge in [0.05, 0.1) is 18.3 Å². The van der Waals surface area contributed by atoms with Gasteiger partial charge in [-0.1, -0.05) is 12.1 Å². The fraction of sp³-hybridized carbons (Fsp3) is 0.522. The van der Waals surface area contributed by atoms with Gasteiger partial charge in [-0.25, -0.2) is 0 Å². The molecule has 0 unspecified atom stereocenters. The van der Waals surface area contributed by atoms with Crippen LogP contribution in [0.3, 0.4) is 0 Å². The van der Waals surface area contributed by atoms with Gasteiger partial charge in [0.25, 0.3) is 0 Å². The van der Waals surface area contributed by atoms with Crippen LogP contribution in [-0.2, 0) is 11.3 Å². The van der Waals surface area contributed by atoms with Crippen molar-refractivity contribution in [2.45, 2.75) is 64.5 Å². The Morgan fingerprint density at radius 1 is 1.33 bits per heavy atom. The maximum atomic E-state index is 12.5. The van der Waals surface area contributed by atoms with Crippen molar-refractivity contribution in [3.63, 3.8) is 0 Å². The van der Waals surface area contributed by atoms with Crippen LogP contribution < -0.4 is 10.1 Å². The zero-order valence-corrected chi connectivity index (χ0v) is 18.9. The van der Waals surface area contributed by atoms with E-state index in [0.717, 1.165) is 18.5 Å². The van der Waals surface area contributed by atoms with Gasteiger partial charge in [0.1, 0.15) is 11.8 Å². The number of nitriles is 1. The van der Waals surface area contributed by atoms with Crippen molar-refractivity contribution >= 4 is 5.91 Å². The number of likely N-dealkylation sites (tertiary alicyclic amines) is 1. The molecule has 0 spiro atoms. The largest absolute Gasteiger partial charge is 0.573 e. The molecule has 33 heavy (non-hydrogen) atoms. The van der Waals surface area contributed by atoms with Crippen molar-refractivity contribution in [1.82, 2.24) is 20.0 Å². The second-order valence-electron chi connectivity index (χ2n) is 8.83. The number of nitrogens with one attached hydrogen (secondary N) is 1. The number of alkyl halides is 3. The molecule has 7 nitrogen and oxygen atoms in total. The molecule has 0 bridgehead atoms. The number of aryl methyl sites for hydroxylation is 2. The number of hydrogen-bond donors (Lipinski definition) is 1. The van der Waals surface area contributed by atoms with Gasteiger partial charge >= 0.3 is 6.36 Å². The highest BCUT2D eigenvalue weighted by Crippen LogP contribution is 2.28. The quantitative estimate of drug-likeness (QED) is 0.639. The van der Waals surface area contributed by atoms with E-state index in [-0.39, 0.29) is 29.8 Å². The summed E-state index contributed by atoms with van der Waals surface area (Å²) in [5.41, 5.74) is 1.58. The average Bonchev–Trinajstić information content (AvgIpc) is 3.36. The van der Waals surface area contributed by atoms with E-state index < -0.39 is 6.36 Å².